The molecule has 0 heterocycles. The minimum Gasteiger partial charge on any atom is -0.494 e. The van der Waals surface area contributed by atoms with Crippen LogP contribution in [-0.4, -0.2) is 51.9 Å². The molecule has 0 aromatic heterocycles. The van der Waals surface area contributed by atoms with E-state index in [0.717, 1.165) is 10.4 Å². The molecule has 0 saturated carbocycles. The van der Waals surface area contributed by atoms with Gasteiger partial charge >= 0.3 is 5.97 Å². The van der Waals surface area contributed by atoms with E-state index in [0.29, 0.717) is 18.0 Å². The molecule has 0 bridgehead atoms. The van der Waals surface area contributed by atoms with Crippen LogP contribution in [0.15, 0.2) is 47.4 Å². The van der Waals surface area contributed by atoms with Gasteiger partial charge in [-0.05, 0) is 49.4 Å². The summed E-state index contributed by atoms with van der Waals surface area (Å²) in [5.41, 5.74) is 0.357. The zero-order valence-electron chi connectivity index (χ0n) is 16.1. The lowest BCUT2D eigenvalue weighted by atomic mass is 10.2. The van der Waals surface area contributed by atoms with E-state index in [1.165, 1.54) is 26.2 Å². The number of benzene rings is 2. The Kier molecular flexibility index (Phi) is 7.60. The van der Waals surface area contributed by atoms with Gasteiger partial charge in [-0.25, -0.2) is 17.5 Å². The average molecular weight is 441 g/mol. The molecule has 29 heavy (non-hydrogen) atoms. The highest BCUT2D eigenvalue weighted by Gasteiger charge is 2.22. The molecule has 2 rings (SSSR count). The number of nitrogens with zero attached hydrogens (tertiary/aromatic N) is 1. The number of carbonyl (C=O) groups excluding carboxylic acids is 2. The number of anilines is 1. The van der Waals surface area contributed by atoms with E-state index in [1.807, 2.05) is 6.92 Å². The zero-order valence-corrected chi connectivity index (χ0v) is 17.7. The number of hydrogen-bond acceptors (Lipinski definition) is 6. The van der Waals surface area contributed by atoms with E-state index < -0.39 is 28.5 Å². The van der Waals surface area contributed by atoms with Gasteiger partial charge in [0.15, 0.2) is 6.61 Å². The van der Waals surface area contributed by atoms with Crippen molar-refractivity contribution in [3.05, 3.63) is 53.1 Å². The molecule has 0 aliphatic carbocycles. The number of halogens is 1. The van der Waals surface area contributed by atoms with Crippen molar-refractivity contribution in [2.75, 3.05) is 32.6 Å². The molecule has 0 unspecified atom stereocenters. The van der Waals surface area contributed by atoms with E-state index in [-0.39, 0.29) is 15.5 Å². The Balaban J connectivity index is 2.02. The predicted molar refractivity (Wildman–Crippen MR) is 109 cm³/mol. The van der Waals surface area contributed by atoms with Crippen LogP contribution in [-0.2, 0) is 19.6 Å². The first-order valence-corrected chi connectivity index (χ1v) is 10.4. The normalized spacial score (nSPS) is 11.2. The molecule has 1 amide bonds. The van der Waals surface area contributed by atoms with Crippen molar-refractivity contribution in [1.82, 2.24) is 4.31 Å². The first kappa shape index (κ1) is 22.7. The SMILES string of the molecule is CCOc1ccc(NC(=O)COC(=O)c2cc(S(=O)(=O)N(C)C)ccc2Cl)cc1. The van der Waals surface area contributed by atoms with Gasteiger partial charge in [0.05, 0.1) is 22.1 Å². The number of rotatable bonds is 8. The van der Waals surface area contributed by atoms with Crippen LogP contribution in [0.1, 0.15) is 17.3 Å². The zero-order chi connectivity index (χ0) is 21.6. The smallest absolute Gasteiger partial charge is 0.340 e. The fourth-order valence-electron chi connectivity index (χ4n) is 2.24. The lowest BCUT2D eigenvalue weighted by Crippen LogP contribution is -2.23. The summed E-state index contributed by atoms with van der Waals surface area (Å²) in [6.07, 6.45) is 0. The molecule has 0 saturated heterocycles. The lowest BCUT2D eigenvalue weighted by molar-refractivity contribution is -0.119. The number of esters is 1. The van der Waals surface area contributed by atoms with Gasteiger partial charge in [0, 0.05) is 19.8 Å². The summed E-state index contributed by atoms with van der Waals surface area (Å²) in [7, 11) is -1.02. The van der Waals surface area contributed by atoms with Gasteiger partial charge < -0.3 is 14.8 Å². The van der Waals surface area contributed by atoms with E-state index >= 15 is 0 Å². The summed E-state index contributed by atoms with van der Waals surface area (Å²) >= 11 is 5.98. The number of ether oxygens (including phenoxy) is 2. The molecule has 0 atom stereocenters. The average Bonchev–Trinajstić information content (AvgIpc) is 2.68. The summed E-state index contributed by atoms with van der Waals surface area (Å²) in [6, 6.07) is 10.4. The van der Waals surface area contributed by atoms with Gasteiger partial charge in [0.1, 0.15) is 5.75 Å². The van der Waals surface area contributed by atoms with Gasteiger partial charge in [-0.15, -0.1) is 0 Å². The number of carbonyl (C=O) groups is 2. The maximum Gasteiger partial charge on any atom is 0.340 e. The summed E-state index contributed by atoms with van der Waals surface area (Å²) in [5.74, 6) is -0.803. The third-order valence-electron chi connectivity index (χ3n) is 3.72. The molecule has 0 spiro atoms. The number of hydrogen-bond donors (Lipinski definition) is 1. The van der Waals surface area contributed by atoms with Crippen molar-refractivity contribution in [2.24, 2.45) is 0 Å². The van der Waals surface area contributed by atoms with Crippen LogP contribution in [0.5, 0.6) is 5.75 Å². The third kappa shape index (κ3) is 5.93. The third-order valence-corrected chi connectivity index (χ3v) is 5.86. The van der Waals surface area contributed by atoms with Crippen molar-refractivity contribution >= 4 is 39.2 Å². The first-order chi connectivity index (χ1) is 13.6. The molecule has 8 nitrogen and oxygen atoms in total. The minimum absolute atomic E-state index is 0.0135. The van der Waals surface area contributed by atoms with E-state index in [1.54, 1.807) is 24.3 Å². The van der Waals surface area contributed by atoms with Gasteiger partial charge in [0.2, 0.25) is 10.0 Å². The standard InChI is InChI=1S/C19H21ClN2O6S/c1-4-27-14-7-5-13(6-8-14)21-18(23)12-28-19(24)16-11-15(9-10-17(16)20)29(25,26)22(2)3/h5-11H,4,12H2,1-3H3,(H,21,23). The molecule has 0 fully saturated rings. The number of nitrogens with one attached hydrogen (secondary N) is 1. The van der Waals surface area contributed by atoms with Gasteiger partial charge in [-0.2, -0.15) is 0 Å². The van der Waals surface area contributed by atoms with E-state index in [4.69, 9.17) is 21.1 Å². The van der Waals surface area contributed by atoms with Gasteiger partial charge in [-0.1, -0.05) is 11.6 Å². The van der Waals surface area contributed by atoms with Gasteiger partial charge in [0.25, 0.3) is 5.91 Å². The van der Waals surface area contributed by atoms with Gasteiger partial charge in [-0.3, -0.25) is 4.79 Å². The van der Waals surface area contributed by atoms with Crippen molar-refractivity contribution in [3.63, 3.8) is 0 Å². The first-order valence-electron chi connectivity index (χ1n) is 8.57. The van der Waals surface area contributed by atoms with Crippen LogP contribution in [0.25, 0.3) is 0 Å². The second-order valence-electron chi connectivity index (χ2n) is 6.01. The quantitative estimate of drug-likeness (QED) is 0.633. The summed E-state index contributed by atoms with van der Waals surface area (Å²) in [6.45, 7) is 1.83. The van der Waals surface area contributed by atoms with Crippen LogP contribution in [0, 0.1) is 0 Å². The Morgan fingerprint density at radius 1 is 1.10 bits per heavy atom. The van der Waals surface area contributed by atoms with Crippen LogP contribution in [0.3, 0.4) is 0 Å². The number of sulfonamides is 1. The predicted octanol–water partition coefficient (Wildman–Crippen LogP) is 2.78. The highest BCUT2D eigenvalue weighted by atomic mass is 35.5. The maximum atomic E-state index is 12.3. The van der Waals surface area contributed by atoms with Crippen LogP contribution in [0.2, 0.25) is 5.02 Å². The van der Waals surface area contributed by atoms with Crippen LogP contribution >= 0.6 is 11.6 Å². The Hall–Kier alpha value is -2.62. The van der Waals surface area contributed by atoms with E-state index in [2.05, 4.69) is 5.32 Å². The molecule has 156 valence electrons. The summed E-state index contributed by atoms with van der Waals surface area (Å²) in [4.78, 5) is 24.2. The van der Waals surface area contributed by atoms with Crippen LogP contribution < -0.4 is 10.1 Å². The summed E-state index contributed by atoms with van der Waals surface area (Å²) in [5, 5.41) is 2.59. The molecule has 0 aliphatic heterocycles. The topological polar surface area (TPSA) is 102 Å². The minimum atomic E-state index is -3.75. The molecular weight excluding hydrogens is 420 g/mol. The Labute approximate surface area is 174 Å². The molecule has 0 radical (unpaired) electrons. The van der Waals surface area contributed by atoms with Crippen LogP contribution in [0.4, 0.5) is 5.69 Å². The lowest BCUT2D eigenvalue weighted by Gasteiger charge is -2.13. The maximum absolute atomic E-state index is 12.3. The summed E-state index contributed by atoms with van der Waals surface area (Å²) < 4.78 is 35.7. The molecule has 2 aromatic rings. The van der Waals surface area contributed by atoms with Crippen molar-refractivity contribution in [3.8, 4) is 5.75 Å². The van der Waals surface area contributed by atoms with Crippen molar-refractivity contribution in [2.45, 2.75) is 11.8 Å². The van der Waals surface area contributed by atoms with Crippen molar-refractivity contribution in [1.29, 1.82) is 0 Å². The monoisotopic (exact) mass is 440 g/mol. The highest BCUT2D eigenvalue weighted by Crippen LogP contribution is 2.23. The molecule has 2 aromatic carbocycles. The fraction of sp³-hybridized carbons (Fsp3) is 0.263. The Morgan fingerprint density at radius 3 is 2.34 bits per heavy atom. The highest BCUT2D eigenvalue weighted by molar-refractivity contribution is 7.89. The molecule has 10 heteroatoms. The molecule has 0 aliphatic rings. The second-order valence-corrected chi connectivity index (χ2v) is 8.57. The molecule has 1 N–H and O–H groups in total. The van der Waals surface area contributed by atoms with E-state index in [9.17, 15) is 18.0 Å². The van der Waals surface area contributed by atoms with Crippen molar-refractivity contribution < 1.29 is 27.5 Å². The fourth-order valence-corrected chi connectivity index (χ4v) is 3.36. The Morgan fingerprint density at radius 2 is 1.76 bits per heavy atom. The Bertz CT molecular complexity index is 990. The largest absolute Gasteiger partial charge is 0.494 e. The number of amides is 1. The second kappa shape index (κ2) is 9.73. The molecular formula is C19H21ClN2O6S.